The lowest BCUT2D eigenvalue weighted by molar-refractivity contribution is -0.118. The maximum atomic E-state index is 11.6. The molecule has 100 valence electrons. The molecule has 2 aromatic rings. The van der Waals surface area contributed by atoms with Crippen molar-refractivity contribution >= 4 is 28.7 Å². The van der Waals surface area contributed by atoms with Gasteiger partial charge in [-0.3, -0.25) is 4.79 Å². The van der Waals surface area contributed by atoms with Gasteiger partial charge in [0.25, 0.3) is 0 Å². The van der Waals surface area contributed by atoms with E-state index < -0.39 is 0 Å². The highest BCUT2D eigenvalue weighted by atomic mass is 32.2. The number of carbonyl (C=O) groups excluding carboxylic acids is 1. The standard InChI is InChI=1S/C14H17N3OS/c1-3-8-15-13(18)9-19-14-10(2)16-11-6-4-5-7-12(11)17-14/h4-7H,3,8-9H2,1-2H3,(H,15,18). The molecule has 0 saturated carbocycles. The molecule has 0 atom stereocenters. The Morgan fingerprint density at radius 3 is 2.63 bits per heavy atom. The van der Waals surface area contributed by atoms with Crippen LogP contribution in [0, 0.1) is 6.92 Å². The van der Waals surface area contributed by atoms with Crippen LogP contribution in [0.5, 0.6) is 0 Å². The number of thioether (sulfide) groups is 1. The number of nitrogens with one attached hydrogen (secondary N) is 1. The minimum absolute atomic E-state index is 0.0428. The average Bonchev–Trinajstić information content (AvgIpc) is 2.42. The first-order chi connectivity index (χ1) is 9.20. The highest BCUT2D eigenvalue weighted by Crippen LogP contribution is 2.21. The number of aromatic nitrogens is 2. The van der Waals surface area contributed by atoms with E-state index in [4.69, 9.17) is 0 Å². The Hall–Kier alpha value is -1.62. The highest BCUT2D eigenvalue weighted by Gasteiger charge is 2.08. The van der Waals surface area contributed by atoms with Gasteiger partial charge in [-0.2, -0.15) is 0 Å². The molecule has 0 aliphatic rings. The molecular formula is C14H17N3OS. The van der Waals surface area contributed by atoms with Crippen LogP contribution in [0.4, 0.5) is 0 Å². The Morgan fingerprint density at radius 1 is 1.26 bits per heavy atom. The maximum Gasteiger partial charge on any atom is 0.230 e. The number of hydrogen-bond donors (Lipinski definition) is 1. The van der Waals surface area contributed by atoms with E-state index in [-0.39, 0.29) is 5.91 Å². The molecule has 0 radical (unpaired) electrons. The topological polar surface area (TPSA) is 54.9 Å². The van der Waals surface area contributed by atoms with Crippen LogP contribution in [0.2, 0.25) is 0 Å². The van der Waals surface area contributed by atoms with Gasteiger partial charge in [0.1, 0.15) is 5.03 Å². The van der Waals surface area contributed by atoms with E-state index in [1.165, 1.54) is 11.8 Å². The number of rotatable bonds is 5. The average molecular weight is 275 g/mol. The van der Waals surface area contributed by atoms with E-state index in [2.05, 4.69) is 15.3 Å². The van der Waals surface area contributed by atoms with Gasteiger partial charge in [0.05, 0.1) is 22.5 Å². The summed E-state index contributed by atoms with van der Waals surface area (Å²) in [6.45, 7) is 4.68. The summed E-state index contributed by atoms with van der Waals surface area (Å²) in [6, 6.07) is 7.76. The number of hydrogen-bond acceptors (Lipinski definition) is 4. The Labute approximate surface area is 117 Å². The fraction of sp³-hybridized carbons (Fsp3) is 0.357. The van der Waals surface area contributed by atoms with Gasteiger partial charge < -0.3 is 5.32 Å². The van der Waals surface area contributed by atoms with Crippen molar-refractivity contribution in [1.29, 1.82) is 0 Å². The molecule has 0 unspecified atom stereocenters. The molecular weight excluding hydrogens is 258 g/mol. The number of carbonyl (C=O) groups is 1. The molecule has 1 aromatic heterocycles. The molecule has 5 heteroatoms. The largest absolute Gasteiger partial charge is 0.355 e. The number of para-hydroxylation sites is 2. The van der Waals surface area contributed by atoms with E-state index in [0.717, 1.165) is 34.7 Å². The predicted octanol–water partition coefficient (Wildman–Crippen LogP) is 2.56. The second-order valence-corrected chi connectivity index (χ2v) is 5.21. The van der Waals surface area contributed by atoms with E-state index >= 15 is 0 Å². The van der Waals surface area contributed by atoms with Crippen molar-refractivity contribution in [1.82, 2.24) is 15.3 Å². The Balaban J connectivity index is 2.08. The predicted molar refractivity (Wildman–Crippen MR) is 78.3 cm³/mol. The Morgan fingerprint density at radius 2 is 1.95 bits per heavy atom. The van der Waals surface area contributed by atoms with E-state index in [1.807, 2.05) is 38.1 Å². The fourth-order valence-electron chi connectivity index (χ4n) is 1.66. The number of fused-ring (bicyclic) bond motifs is 1. The molecule has 1 amide bonds. The summed E-state index contributed by atoms with van der Waals surface area (Å²) in [4.78, 5) is 20.6. The van der Waals surface area contributed by atoms with Gasteiger partial charge in [-0.05, 0) is 25.5 Å². The van der Waals surface area contributed by atoms with Gasteiger partial charge in [-0.1, -0.05) is 30.8 Å². The van der Waals surface area contributed by atoms with Crippen LogP contribution < -0.4 is 5.32 Å². The molecule has 2 rings (SSSR count). The zero-order valence-corrected chi connectivity index (χ0v) is 12.0. The molecule has 0 aliphatic carbocycles. The first-order valence-electron chi connectivity index (χ1n) is 6.33. The van der Waals surface area contributed by atoms with Crippen molar-refractivity contribution in [3.63, 3.8) is 0 Å². The summed E-state index contributed by atoms with van der Waals surface area (Å²) < 4.78 is 0. The third-order valence-corrected chi connectivity index (χ3v) is 3.68. The minimum atomic E-state index is 0.0428. The molecule has 0 aliphatic heterocycles. The van der Waals surface area contributed by atoms with Crippen molar-refractivity contribution in [3.05, 3.63) is 30.0 Å². The maximum absolute atomic E-state index is 11.6. The number of amides is 1. The molecule has 1 heterocycles. The van der Waals surface area contributed by atoms with Crippen LogP contribution >= 0.6 is 11.8 Å². The summed E-state index contributed by atoms with van der Waals surface area (Å²) >= 11 is 1.43. The highest BCUT2D eigenvalue weighted by molar-refractivity contribution is 7.99. The van der Waals surface area contributed by atoms with Gasteiger partial charge in [-0.15, -0.1) is 0 Å². The first kappa shape index (κ1) is 13.8. The molecule has 1 N–H and O–H groups in total. The van der Waals surface area contributed by atoms with Crippen LogP contribution in [0.3, 0.4) is 0 Å². The third-order valence-electron chi connectivity index (χ3n) is 2.61. The molecule has 0 bridgehead atoms. The second kappa shape index (κ2) is 6.52. The summed E-state index contributed by atoms with van der Waals surface area (Å²) in [5, 5.41) is 3.68. The zero-order chi connectivity index (χ0) is 13.7. The third kappa shape index (κ3) is 3.67. The lowest BCUT2D eigenvalue weighted by atomic mass is 10.3. The van der Waals surface area contributed by atoms with E-state index in [1.54, 1.807) is 0 Å². The number of nitrogens with zero attached hydrogens (tertiary/aromatic N) is 2. The van der Waals surface area contributed by atoms with Crippen LogP contribution in [0.25, 0.3) is 11.0 Å². The summed E-state index contributed by atoms with van der Waals surface area (Å²) in [5.41, 5.74) is 2.62. The van der Waals surface area contributed by atoms with Gasteiger partial charge in [-0.25, -0.2) is 9.97 Å². The van der Waals surface area contributed by atoms with Gasteiger partial charge in [0, 0.05) is 6.54 Å². The van der Waals surface area contributed by atoms with Gasteiger partial charge in [0.2, 0.25) is 5.91 Å². The quantitative estimate of drug-likeness (QED) is 0.852. The SMILES string of the molecule is CCCNC(=O)CSc1nc2ccccc2nc1C. The lowest BCUT2D eigenvalue weighted by Gasteiger charge is -2.06. The number of aryl methyl sites for hydroxylation is 1. The summed E-state index contributed by atoms with van der Waals surface area (Å²) in [5.74, 6) is 0.426. The fourth-order valence-corrected chi connectivity index (χ4v) is 2.45. The molecule has 0 spiro atoms. The van der Waals surface area contributed by atoms with Gasteiger partial charge >= 0.3 is 0 Å². The molecule has 0 fully saturated rings. The van der Waals surface area contributed by atoms with Crippen molar-refractivity contribution in [3.8, 4) is 0 Å². The van der Waals surface area contributed by atoms with E-state index in [9.17, 15) is 4.79 Å². The van der Waals surface area contributed by atoms with Crippen LogP contribution in [0.15, 0.2) is 29.3 Å². The molecule has 19 heavy (non-hydrogen) atoms. The van der Waals surface area contributed by atoms with Crippen LogP contribution in [-0.4, -0.2) is 28.2 Å². The first-order valence-corrected chi connectivity index (χ1v) is 7.32. The molecule has 4 nitrogen and oxygen atoms in total. The van der Waals surface area contributed by atoms with Crippen molar-refractivity contribution < 1.29 is 4.79 Å². The van der Waals surface area contributed by atoms with Crippen molar-refractivity contribution in [2.45, 2.75) is 25.3 Å². The summed E-state index contributed by atoms with van der Waals surface area (Å²) in [6.07, 6.45) is 0.950. The Kier molecular flexibility index (Phi) is 4.74. The zero-order valence-electron chi connectivity index (χ0n) is 11.1. The Bertz CT molecular complexity index is 586. The lowest BCUT2D eigenvalue weighted by Crippen LogP contribution is -2.25. The van der Waals surface area contributed by atoms with Crippen molar-refractivity contribution in [2.24, 2.45) is 0 Å². The summed E-state index contributed by atoms with van der Waals surface area (Å²) in [7, 11) is 0. The molecule has 0 saturated heterocycles. The van der Waals surface area contributed by atoms with Crippen LogP contribution in [-0.2, 0) is 4.79 Å². The monoisotopic (exact) mass is 275 g/mol. The smallest absolute Gasteiger partial charge is 0.230 e. The van der Waals surface area contributed by atoms with Gasteiger partial charge in [0.15, 0.2) is 0 Å². The van der Waals surface area contributed by atoms with Crippen LogP contribution in [0.1, 0.15) is 19.0 Å². The normalized spacial score (nSPS) is 10.6. The minimum Gasteiger partial charge on any atom is -0.355 e. The second-order valence-electron chi connectivity index (χ2n) is 4.24. The number of benzene rings is 1. The molecule has 1 aromatic carbocycles. The van der Waals surface area contributed by atoms with Crippen molar-refractivity contribution in [2.75, 3.05) is 12.3 Å². The van der Waals surface area contributed by atoms with E-state index in [0.29, 0.717) is 5.75 Å².